The molecule has 0 saturated carbocycles. The Morgan fingerprint density at radius 2 is 2.41 bits per heavy atom. The van der Waals surface area contributed by atoms with Crippen molar-refractivity contribution in [2.75, 3.05) is 6.61 Å². The van der Waals surface area contributed by atoms with Crippen LogP contribution in [0.2, 0.25) is 0 Å². The minimum absolute atomic E-state index is 0.0416. The number of hydrogen-bond acceptors (Lipinski definition) is 8. The van der Waals surface area contributed by atoms with Crippen molar-refractivity contribution < 1.29 is 24.3 Å². The molecule has 22 heavy (non-hydrogen) atoms. The zero-order chi connectivity index (χ0) is 16.3. The van der Waals surface area contributed by atoms with E-state index in [2.05, 4.69) is 10.1 Å². The Balaban J connectivity index is 1.77. The number of carbonyl (C=O) groups excluding carboxylic acids is 1. The molecule has 2 unspecified atom stereocenters. The van der Waals surface area contributed by atoms with E-state index in [-0.39, 0.29) is 31.3 Å². The lowest BCUT2D eigenvalue weighted by atomic mass is 10.1. The quantitative estimate of drug-likeness (QED) is 0.552. The number of Topliss-reactive ketones (excluding diaryl/α,β-unsaturated/α-hetero) is 1. The highest BCUT2D eigenvalue weighted by molar-refractivity contribution is 5.79. The largest absolute Gasteiger partial charge is 0.490 e. The number of rotatable bonds is 7. The molecule has 1 fully saturated rings. The highest BCUT2D eigenvalue weighted by Gasteiger charge is 2.34. The first-order valence-corrected chi connectivity index (χ1v) is 6.80. The van der Waals surface area contributed by atoms with Crippen molar-refractivity contribution in [3.63, 3.8) is 0 Å². The topological polar surface area (TPSA) is 130 Å². The number of aliphatic hydroxyl groups is 1. The van der Waals surface area contributed by atoms with Gasteiger partial charge in [-0.25, -0.2) is 0 Å². The van der Waals surface area contributed by atoms with Crippen LogP contribution in [0.5, 0.6) is 0 Å². The summed E-state index contributed by atoms with van der Waals surface area (Å²) in [6.07, 6.45) is -0.111. The summed E-state index contributed by atoms with van der Waals surface area (Å²) in [4.78, 5) is 25.1. The number of nitro groups is 1. The second-order valence-electron chi connectivity index (χ2n) is 5.58. The zero-order valence-corrected chi connectivity index (χ0v) is 12.3. The molecule has 2 atom stereocenters. The first-order chi connectivity index (χ1) is 10.2. The summed E-state index contributed by atoms with van der Waals surface area (Å²) in [5, 5.41) is 23.9. The van der Waals surface area contributed by atoms with Crippen LogP contribution < -0.4 is 0 Å². The van der Waals surface area contributed by atoms with Gasteiger partial charge in [0.25, 0.3) is 0 Å². The van der Waals surface area contributed by atoms with E-state index in [1.54, 1.807) is 13.8 Å². The number of ether oxygens (including phenoxy) is 2. The summed E-state index contributed by atoms with van der Waals surface area (Å²) >= 11 is 0. The van der Waals surface area contributed by atoms with Crippen molar-refractivity contribution in [2.45, 2.75) is 51.2 Å². The molecule has 1 N–H and O–H groups in total. The van der Waals surface area contributed by atoms with Crippen LogP contribution in [0.15, 0.2) is 6.33 Å². The summed E-state index contributed by atoms with van der Waals surface area (Å²) in [6, 6.07) is 0. The summed E-state index contributed by atoms with van der Waals surface area (Å²) < 4.78 is 12.0. The number of aliphatic hydroxyl groups excluding tert-OH is 1. The maximum Gasteiger partial charge on any atom is 0.490 e. The van der Waals surface area contributed by atoms with Gasteiger partial charge in [0, 0.05) is 17.9 Å². The molecule has 2 heterocycles. The third-order valence-electron chi connectivity index (χ3n) is 3.07. The molecular formula is C12H18N4O6. The maximum atomic E-state index is 11.9. The fourth-order valence-corrected chi connectivity index (χ4v) is 2.20. The monoisotopic (exact) mass is 314 g/mol. The smallest absolute Gasteiger partial charge is 0.391 e. The Kier molecular flexibility index (Phi) is 4.84. The standard InChI is InChI=1S/C12H18N4O6/c1-12(2)21-6-10(22-12)4-8(17)3-9(18)5-15-7-13-11(14-15)16(19)20/h7,9-10,18H,3-6H2,1-2H3. The Hall–Kier alpha value is -1.91. The molecule has 0 aromatic carbocycles. The number of nitrogens with zero attached hydrogens (tertiary/aromatic N) is 4. The van der Waals surface area contributed by atoms with E-state index in [1.165, 1.54) is 0 Å². The van der Waals surface area contributed by atoms with Crippen LogP contribution in [0, 0.1) is 10.1 Å². The average molecular weight is 314 g/mol. The molecule has 0 aliphatic carbocycles. The van der Waals surface area contributed by atoms with Crippen LogP contribution in [-0.4, -0.2) is 55.2 Å². The van der Waals surface area contributed by atoms with Crippen LogP contribution >= 0.6 is 0 Å². The van der Waals surface area contributed by atoms with Crippen LogP contribution in [0.25, 0.3) is 0 Å². The predicted octanol–water partition coefficient (Wildman–Crippen LogP) is 0.0480. The average Bonchev–Trinajstić information content (AvgIpc) is 2.95. The fourth-order valence-electron chi connectivity index (χ4n) is 2.20. The van der Waals surface area contributed by atoms with Gasteiger partial charge in [-0.3, -0.25) is 4.79 Å². The highest BCUT2D eigenvalue weighted by Crippen LogP contribution is 2.24. The lowest BCUT2D eigenvalue weighted by Gasteiger charge is -2.17. The maximum absolute atomic E-state index is 11.9. The molecule has 2 rings (SSSR count). The number of aromatic nitrogens is 3. The van der Waals surface area contributed by atoms with E-state index in [0.717, 1.165) is 11.0 Å². The van der Waals surface area contributed by atoms with E-state index in [4.69, 9.17) is 9.47 Å². The predicted molar refractivity (Wildman–Crippen MR) is 71.8 cm³/mol. The molecule has 0 radical (unpaired) electrons. The van der Waals surface area contributed by atoms with Crippen molar-refractivity contribution in [1.82, 2.24) is 14.8 Å². The van der Waals surface area contributed by atoms with E-state index in [0.29, 0.717) is 6.61 Å². The van der Waals surface area contributed by atoms with Crippen molar-refractivity contribution in [2.24, 2.45) is 0 Å². The summed E-state index contributed by atoms with van der Waals surface area (Å²) in [5.74, 6) is -1.41. The van der Waals surface area contributed by atoms with Gasteiger partial charge in [0.15, 0.2) is 5.79 Å². The molecule has 0 amide bonds. The third-order valence-corrected chi connectivity index (χ3v) is 3.07. The Labute approximate surface area is 126 Å². The Morgan fingerprint density at radius 3 is 2.95 bits per heavy atom. The van der Waals surface area contributed by atoms with Crippen molar-refractivity contribution in [1.29, 1.82) is 0 Å². The minimum atomic E-state index is -0.996. The van der Waals surface area contributed by atoms with Crippen LogP contribution in [-0.2, 0) is 20.8 Å². The van der Waals surface area contributed by atoms with Gasteiger partial charge in [-0.15, -0.1) is 0 Å². The fraction of sp³-hybridized carbons (Fsp3) is 0.750. The second kappa shape index (κ2) is 6.46. The molecule has 10 heteroatoms. The van der Waals surface area contributed by atoms with Gasteiger partial charge in [-0.05, 0) is 18.8 Å². The number of hydrogen-bond donors (Lipinski definition) is 1. The first-order valence-electron chi connectivity index (χ1n) is 6.80. The summed E-state index contributed by atoms with van der Waals surface area (Å²) in [7, 11) is 0. The minimum Gasteiger partial charge on any atom is -0.391 e. The molecular weight excluding hydrogens is 296 g/mol. The van der Waals surface area contributed by atoms with Crippen molar-refractivity contribution >= 4 is 11.7 Å². The normalized spacial score (nSPS) is 21.7. The van der Waals surface area contributed by atoms with E-state index in [1.807, 2.05) is 0 Å². The summed E-state index contributed by atoms with van der Waals surface area (Å²) in [6.45, 7) is 3.83. The number of ketones is 1. The number of carbonyl (C=O) groups is 1. The molecule has 122 valence electrons. The van der Waals surface area contributed by atoms with Crippen LogP contribution in [0.4, 0.5) is 5.95 Å². The third kappa shape index (κ3) is 4.55. The lowest BCUT2D eigenvalue weighted by molar-refractivity contribution is -0.394. The van der Waals surface area contributed by atoms with Gasteiger partial charge in [-0.2, -0.15) is 4.68 Å². The van der Waals surface area contributed by atoms with Crippen LogP contribution in [0.3, 0.4) is 0 Å². The molecule has 0 spiro atoms. The molecule has 1 aromatic rings. The van der Waals surface area contributed by atoms with Gasteiger partial charge in [0.05, 0.1) is 25.4 Å². The van der Waals surface area contributed by atoms with Gasteiger partial charge in [-0.1, -0.05) is 4.98 Å². The lowest BCUT2D eigenvalue weighted by Crippen LogP contribution is -2.25. The van der Waals surface area contributed by atoms with Gasteiger partial charge >= 0.3 is 5.95 Å². The van der Waals surface area contributed by atoms with Gasteiger partial charge in [0.2, 0.25) is 6.33 Å². The van der Waals surface area contributed by atoms with E-state index >= 15 is 0 Å². The van der Waals surface area contributed by atoms with Gasteiger partial charge < -0.3 is 24.7 Å². The zero-order valence-electron chi connectivity index (χ0n) is 12.3. The molecule has 1 aliphatic heterocycles. The molecule has 1 aliphatic rings. The summed E-state index contributed by atoms with van der Waals surface area (Å²) in [5.41, 5.74) is 0. The van der Waals surface area contributed by atoms with E-state index in [9.17, 15) is 20.0 Å². The molecule has 0 bridgehead atoms. The molecule has 10 nitrogen and oxygen atoms in total. The SMILES string of the molecule is CC1(C)OCC(CC(=O)CC(O)Cn2cnc([N+](=O)[O-])n2)O1. The van der Waals surface area contributed by atoms with Crippen molar-refractivity contribution in [3.8, 4) is 0 Å². The highest BCUT2D eigenvalue weighted by atomic mass is 16.7. The molecule has 1 saturated heterocycles. The van der Waals surface area contributed by atoms with E-state index < -0.39 is 22.8 Å². The van der Waals surface area contributed by atoms with Gasteiger partial charge in [0.1, 0.15) is 5.78 Å². The Bertz CT molecular complexity index is 558. The Morgan fingerprint density at radius 1 is 1.68 bits per heavy atom. The van der Waals surface area contributed by atoms with Crippen LogP contribution in [0.1, 0.15) is 26.7 Å². The van der Waals surface area contributed by atoms with Crippen molar-refractivity contribution in [3.05, 3.63) is 16.4 Å². The first kappa shape index (κ1) is 16.5. The second-order valence-corrected chi connectivity index (χ2v) is 5.58. The molecule has 1 aromatic heterocycles.